The standard InChI is InChI=1S/C21H29N3O2S2/c1-11(2)10-24-20(26)17-15-8-5-12(3)9-16(15)28-19(17)23-21(24)27-13(4)18(25)22-14-6-7-14/h11-14H,5-10H2,1-4H3,(H,22,25)/t12-,13+/m1/s1. The third-order valence-electron chi connectivity index (χ3n) is 5.50. The van der Waals surface area contributed by atoms with Gasteiger partial charge in [-0.15, -0.1) is 11.3 Å². The average molecular weight is 420 g/mol. The van der Waals surface area contributed by atoms with Crippen LogP contribution in [-0.4, -0.2) is 26.8 Å². The molecule has 0 spiro atoms. The summed E-state index contributed by atoms with van der Waals surface area (Å²) in [5.74, 6) is 1.04. The van der Waals surface area contributed by atoms with Gasteiger partial charge in [-0.2, -0.15) is 0 Å². The number of nitrogens with one attached hydrogen (secondary N) is 1. The predicted molar refractivity (Wildman–Crippen MR) is 116 cm³/mol. The number of hydrogen-bond acceptors (Lipinski definition) is 5. The normalized spacial score (nSPS) is 20.4. The van der Waals surface area contributed by atoms with Crippen LogP contribution in [0.25, 0.3) is 10.2 Å². The molecule has 7 heteroatoms. The Morgan fingerprint density at radius 3 is 2.75 bits per heavy atom. The Labute approximate surface area is 174 Å². The zero-order chi connectivity index (χ0) is 20.0. The Morgan fingerprint density at radius 1 is 1.32 bits per heavy atom. The lowest BCUT2D eigenvalue weighted by atomic mass is 9.89. The summed E-state index contributed by atoms with van der Waals surface area (Å²) in [6, 6.07) is 0.342. The van der Waals surface area contributed by atoms with Gasteiger partial charge in [-0.05, 0) is 56.4 Å². The molecule has 1 amide bonds. The van der Waals surface area contributed by atoms with Gasteiger partial charge in [0, 0.05) is 17.5 Å². The zero-order valence-electron chi connectivity index (χ0n) is 17.1. The van der Waals surface area contributed by atoms with Gasteiger partial charge >= 0.3 is 0 Å². The van der Waals surface area contributed by atoms with E-state index in [1.807, 2.05) is 11.5 Å². The van der Waals surface area contributed by atoms with Crippen molar-refractivity contribution in [3.05, 3.63) is 20.8 Å². The highest BCUT2D eigenvalue weighted by Gasteiger charge is 2.28. The maximum Gasteiger partial charge on any atom is 0.263 e. The topological polar surface area (TPSA) is 64.0 Å². The molecule has 152 valence electrons. The van der Waals surface area contributed by atoms with E-state index >= 15 is 0 Å². The molecule has 2 atom stereocenters. The van der Waals surface area contributed by atoms with Crippen LogP contribution in [0.1, 0.15) is 57.4 Å². The molecule has 1 N–H and O–H groups in total. The second-order valence-corrected chi connectivity index (χ2v) is 11.2. The number of rotatable bonds is 6. The van der Waals surface area contributed by atoms with Gasteiger partial charge in [-0.25, -0.2) is 4.98 Å². The Balaban J connectivity index is 1.73. The van der Waals surface area contributed by atoms with Gasteiger partial charge in [0.1, 0.15) is 4.83 Å². The van der Waals surface area contributed by atoms with E-state index in [1.165, 1.54) is 22.2 Å². The first-order valence-corrected chi connectivity index (χ1v) is 12.0. The van der Waals surface area contributed by atoms with Crippen LogP contribution in [-0.2, 0) is 24.2 Å². The number of aryl methyl sites for hydroxylation is 1. The highest BCUT2D eigenvalue weighted by Crippen LogP contribution is 2.37. The van der Waals surface area contributed by atoms with Crippen molar-refractivity contribution in [1.82, 2.24) is 14.9 Å². The fourth-order valence-electron chi connectivity index (χ4n) is 3.78. The van der Waals surface area contributed by atoms with E-state index in [0.29, 0.717) is 29.6 Å². The minimum atomic E-state index is -0.266. The molecule has 0 bridgehead atoms. The van der Waals surface area contributed by atoms with Crippen molar-refractivity contribution < 1.29 is 4.79 Å². The molecule has 2 heterocycles. The largest absolute Gasteiger partial charge is 0.352 e. The SMILES string of the molecule is CC(C)Cn1c(S[C@@H](C)C(=O)NC2CC2)nc2sc3c(c2c1=O)CC[C@@H](C)C3. The number of carbonyl (C=O) groups is 1. The predicted octanol–water partition coefficient (Wildman–Crippen LogP) is 4.00. The third-order valence-corrected chi connectivity index (χ3v) is 7.74. The molecule has 1 fully saturated rings. The number of carbonyl (C=O) groups excluding carboxylic acids is 1. The first kappa shape index (κ1) is 20.0. The minimum Gasteiger partial charge on any atom is -0.352 e. The fraction of sp³-hybridized carbons (Fsp3) is 0.667. The molecule has 0 saturated heterocycles. The van der Waals surface area contributed by atoms with E-state index in [4.69, 9.17) is 4.98 Å². The van der Waals surface area contributed by atoms with Crippen molar-refractivity contribution in [2.45, 2.75) is 82.8 Å². The minimum absolute atomic E-state index is 0.0391. The third kappa shape index (κ3) is 4.01. The van der Waals surface area contributed by atoms with Crippen LogP contribution in [0, 0.1) is 11.8 Å². The van der Waals surface area contributed by atoms with Crippen LogP contribution in [0.5, 0.6) is 0 Å². The molecular formula is C21H29N3O2S2. The summed E-state index contributed by atoms with van der Waals surface area (Å²) in [5.41, 5.74) is 1.30. The number of aromatic nitrogens is 2. The lowest BCUT2D eigenvalue weighted by Crippen LogP contribution is -2.33. The van der Waals surface area contributed by atoms with Gasteiger partial charge < -0.3 is 5.32 Å². The van der Waals surface area contributed by atoms with Crippen molar-refractivity contribution in [3.63, 3.8) is 0 Å². The average Bonchev–Trinajstić information content (AvgIpc) is 3.36. The summed E-state index contributed by atoms with van der Waals surface area (Å²) in [6.45, 7) is 9.03. The molecule has 0 aliphatic heterocycles. The molecule has 2 aliphatic rings. The van der Waals surface area contributed by atoms with Gasteiger partial charge in [0.2, 0.25) is 5.91 Å². The van der Waals surface area contributed by atoms with Gasteiger partial charge in [-0.3, -0.25) is 14.2 Å². The Bertz CT molecular complexity index is 959. The Hall–Kier alpha value is -1.34. The molecule has 1 saturated carbocycles. The quantitative estimate of drug-likeness (QED) is 0.568. The lowest BCUT2D eigenvalue weighted by Gasteiger charge is -2.18. The van der Waals surface area contributed by atoms with Crippen LogP contribution in [0.2, 0.25) is 0 Å². The highest BCUT2D eigenvalue weighted by molar-refractivity contribution is 8.00. The lowest BCUT2D eigenvalue weighted by molar-refractivity contribution is -0.120. The summed E-state index contributed by atoms with van der Waals surface area (Å²) in [4.78, 5) is 33.0. The summed E-state index contributed by atoms with van der Waals surface area (Å²) >= 11 is 3.09. The van der Waals surface area contributed by atoms with Crippen LogP contribution in [0.4, 0.5) is 0 Å². The first-order chi connectivity index (χ1) is 13.3. The van der Waals surface area contributed by atoms with Gasteiger partial charge in [0.15, 0.2) is 5.16 Å². The summed E-state index contributed by atoms with van der Waals surface area (Å²) in [5, 5.41) is 4.30. The van der Waals surface area contributed by atoms with Crippen molar-refractivity contribution >= 4 is 39.2 Å². The van der Waals surface area contributed by atoms with Crippen LogP contribution < -0.4 is 10.9 Å². The summed E-state index contributed by atoms with van der Waals surface area (Å²) < 4.78 is 1.81. The van der Waals surface area contributed by atoms with E-state index in [0.717, 1.165) is 42.3 Å². The van der Waals surface area contributed by atoms with Gasteiger partial charge in [0.25, 0.3) is 5.56 Å². The van der Waals surface area contributed by atoms with E-state index in [-0.39, 0.29) is 16.7 Å². The van der Waals surface area contributed by atoms with Crippen molar-refractivity contribution in [2.24, 2.45) is 11.8 Å². The number of fused-ring (bicyclic) bond motifs is 3. The molecule has 4 rings (SSSR count). The van der Waals surface area contributed by atoms with E-state index in [1.54, 1.807) is 11.3 Å². The van der Waals surface area contributed by atoms with E-state index in [9.17, 15) is 9.59 Å². The maximum absolute atomic E-state index is 13.5. The highest BCUT2D eigenvalue weighted by atomic mass is 32.2. The number of thiophene rings is 1. The second-order valence-electron chi connectivity index (χ2n) is 8.78. The summed E-state index contributed by atoms with van der Waals surface area (Å²) in [6.07, 6.45) is 5.30. The van der Waals surface area contributed by atoms with Crippen LogP contribution in [0.15, 0.2) is 9.95 Å². The second kappa shape index (κ2) is 7.82. The molecule has 2 aromatic rings. The Kier molecular flexibility index (Phi) is 5.58. The number of amides is 1. The smallest absolute Gasteiger partial charge is 0.263 e. The van der Waals surface area contributed by atoms with Crippen LogP contribution in [0.3, 0.4) is 0 Å². The zero-order valence-corrected chi connectivity index (χ0v) is 18.7. The number of hydrogen-bond donors (Lipinski definition) is 1. The van der Waals surface area contributed by atoms with Crippen LogP contribution >= 0.6 is 23.1 Å². The van der Waals surface area contributed by atoms with Crippen molar-refractivity contribution in [3.8, 4) is 0 Å². The van der Waals surface area contributed by atoms with Gasteiger partial charge in [-0.1, -0.05) is 32.5 Å². The molecular weight excluding hydrogens is 390 g/mol. The molecule has 0 radical (unpaired) electrons. The molecule has 2 aromatic heterocycles. The molecule has 2 aliphatic carbocycles. The van der Waals surface area contributed by atoms with Crippen molar-refractivity contribution in [1.29, 1.82) is 0 Å². The molecule has 0 unspecified atom stereocenters. The van der Waals surface area contributed by atoms with E-state index in [2.05, 4.69) is 26.1 Å². The first-order valence-electron chi connectivity index (χ1n) is 10.4. The number of nitrogens with zero attached hydrogens (tertiary/aromatic N) is 2. The van der Waals surface area contributed by atoms with Crippen molar-refractivity contribution in [2.75, 3.05) is 0 Å². The Morgan fingerprint density at radius 2 is 2.07 bits per heavy atom. The van der Waals surface area contributed by atoms with Gasteiger partial charge in [0.05, 0.1) is 10.6 Å². The monoisotopic (exact) mass is 419 g/mol. The van der Waals surface area contributed by atoms with E-state index < -0.39 is 0 Å². The molecule has 5 nitrogen and oxygen atoms in total. The number of thioether (sulfide) groups is 1. The fourth-order valence-corrected chi connectivity index (χ4v) is 6.13. The maximum atomic E-state index is 13.5. The molecule has 28 heavy (non-hydrogen) atoms. The molecule has 0 aromatic carbocycles. The summed E-state index contributed by atoms with van der Waals surface area (Å²) in [7, 11) is 0.